The summed E-state index contributed by atoms with van der Waals surface area (Å²) in [6.07, 6.45) is 10.1. The van der Waals surface area contributed by atoms with Crippen molar-refractivity contribution in [2.75, 3.05) is 0 Å². The average molecular weight is 189 g/mol. The number of hydrogen-bond acceptors (Lipinski definition) is 2. The highest BCUT2D eigenvalue weighted by molar-refractivity contribution is 5.74. The summed E-state index contributed by atoms with van der Waals surface area (Å²) in [6.45, 7) is 1.72. The van der Waals surface area contributed by atoms with Gasteiger partial charge in [0.05, 0.1) is 6.33 Å². The van der Waals surface area contributed by atoms with Crippen molar-refractivity contribution in [1.82, 2.24) is 14.1 Å². The third kappa shape index (κ3) is 1.90. The summed E-state index contributed by atoms with van der Waals surface area (Å²) in [7, 11) is 0. The first kappa shape index (κ1) is 8.74. The van der Waals surface area contributed by atoms with Crippen molar-refractivity contribution in [2.45, 2.75) is 13.1 Å². The minimum atomic E-state index is 0.718. The van der Waals surface area contributed by atoms with Crippen LogP contribution in [0.25, 0.3) is 0 Å². The maximum absolute atomic E-state index is 10.4. The number of hydrogen-bond donors (Lipinski definition) is 0. The van der Waals surface area contributed by atoms with E-state index in [4.69, 9.17) is 0 Å². The van der Waals surface area contributed by atoms with E-state index >= 15 is 0 Å². The monoisotopic (exact) mass is 189 g/mol. The quantitative estimate of drug-likeness (QED) is 0.678. The van der Waals surface area contributed by atoms with Gasteiger partial charge < -0.3 is 9.13 Å². The van der Waals surface area contributed by atoms with Crippen molar-refractivity contribution in [3.63, 3.8) is 0 Å². The number of nitrogens with zero attached hydrogens (tertiary/aromatic N) is 3. The van der Waals surface area contributed by atoms with E-state index in [2.05, 4.69) is 4.98 Å². The van der Waals surface area contributed by atoms with Crippen LogP contribution in [0.1, 0.15) is 10.4 Å². The average Bonchev–Trinajstić information content (AvgIpc) is 2.86. The highest BCUT2D eigenvalue weighted by Crippen LogP contribution is 1.98. The molecule has 0 saturated carbocycles. The highest BCUT2D eigenvalue weighted by Gasteiger charge is 1.95. The van der Waals surface area contributed by atoms with Crippen LogP contribution in [0, 0.1) is 0 Å². The minimum Gasteiger partial charge on any atom is -0.352 e. The second kappa shape index (κ2) is 3.91. The van der Waals surface area contributed by atoms with E-state index in [1.807, 2.05) is 27.7 Å². The molecule has 0 aromatic carbocycles. The normalized spacial score (nSPS) is 10.3. The number of rotatable bonds is 4. The SMILES string of the molecule is O=Cc1ccn(CCn2ccnc2)c1. The topological polar surface area (TPSA) is 39.8 Å². The largest absolute Gasteiger partial charge is 0.352 e. The Balaban J connectivity index is 1.95. The fourth-order valence-electron chi connectivity index (χ4n) is 1.32. The molecule has 14 heavy (non-hydrogen) atoms. The maximum Gasteiger partial charge on any atom is 0.151 e. The summed E-state index contributed by atoms with van der Waals surface area (Å²) in [6, 6.07) is 1.81. The van der Waals surface area contributed by atoms with Crippen LogP contribution in [-0.2, 0) is 13.1 Å². The predicted molar refractivity (Wildman–Crippen MR) is 52.0 cm³/mol. The molecule has 0 fully saturated rings. The number of carbonyl (C=O) groups is 1. The van der Waals surface area contributed by atoms with Crippen LogP contribution >= 0.6 is 0 Å². The van der Waals surface area contributed by atoms with Crippen LogP contribution < -0.4 is 0 Å². The van der Waals surface area contributed by atoms with Gasteiger partial charge in [0.15, 0.2) is 6.29 Å². The summed E-state index contributed by atoms with van der Waals surface area (Å²) in [4.78, 5) is 14.4. The molecule has 0 radical (unpaired) electrons. The number of carbonyl (C=O) groups excluding carboxylic acids is 1. The van der Waals surface area contributed by atoms with Gasteiger partial charge in [-0.2, -0.15) is 0 Å². The first-order chi connectivity index (χ1) is 6.88. The molecule has 0 saturated heterocycles. The van der Waals surface area contributed by atoms with Gasteiger partial charge in [-0.05, 0) is 6.07 Å². The van der Waals surface area contributed by atoms with E-state index in [1.54, 1.807) is 18.6 Å². The third-order valence-corrected chi connectivity index (χ3v) is 2.09. The zero-order chi connectivity index (χ0) is 9.80. The summed E-state index contributed by atoms with van der Waals surface area (Å²) >= 11 is 0. The maximum atomic E-state index is 10.4. The standard InChI is InChI=1S/C10H11N3O/c14-8-10-1-3-12(7-10)5-6-13-4-2-11-9-13/h1-4,7-9H,5-6H2. The zero-order valence-electron chi connectivity index (χ0n) is 7.71. The van der Waals surface area contributed by atoms with Gasteiger partial charge in [0.1, 0.15) is 0 Å². The zero-order valence-corrected chi connectivity index (χ0v) is 7.71. The molecule has 2 aromatic rings. The van der Waals surface area contributed by atoms with Crippen LogP contribution in [0.15, 0.2) is 37.2 Å². The number of imidazole rings is 1. The number of aryl methyl sites for hydroxylation is 2. The Morgan fingerprint density at radius 2 is 2.14 bits per heavy atom. The molecule has 4 heteroatoms. The molecule has 2 aromatic heterocycles. The second-order valence-electron chi connectivity index (χ2n) is 3.10. The minimum absolute atomic E-state index is 0.718. The molecule has 0 aliphatic rings. The Labute approximate surface area is 81.8 Å². The van der Waals surface area contributed by atoms with Gasteiger partial charge in [-0.25, -0.2) is 4.98 Å². The lowest BCUT2D eigenvalue weighted by Crippen LogP contribution is -2.03. The summed E-state index contributed by atoms with van der Waals surface area (Å²) in [5, 5.41) is 0. The van der Waals surface area contributed by atoms with Crippen LogP contribution in [0.5, 0.6) is 0 Å². The van der Waals surface area contributed by atoms with Gasteiger partial charge >= 0.3 is 0 Å². The molecule has 0 amide bonds. The summed E-state index contributed by atoms with van der Waals surface area (Å²) < 4.78 is 3.99. The Morgan fingerprint density at radius 3 is 2.79 bits per heavy atom. The van der Waals surface area contributed by atoms with Gasteiger partial charge in [0.25, 0.3) is 0 Å². The Bertz CT molecular complexity index is 403. The van der Waals surface area contributed by atoms with E-state index in [9.17, 15) is 4.79 Å². The lowest BCUT2D eigenvalue weighted by Gasteiger charge is -2.02. The van der Waals surface area contributed by atoms with Crippen LogP contribution in [0.4, 0.5) is 0 Å². The van der Waals surface area contributed by atoms with E-state index in [-0.39, 0.29) is 0 Å². The van der Waals surface area contributed by atoms with Gasteiger partial charge in [-0.3, -0.25) is 4.79 Å². The van der Waals surface area contributed by atoms with Gasteiger partial charge in [-0.15, -0.1) is 0 Å². The Kier molecular flexibility index (Phi) is 2.44. The molecule has 2 rings (SSSR count). The van der Waals surface area contributed by atoms with E-state index in [0.29, 0.717) is 0 Å². The molecular weight excluding hydrogens is 178 g/mol. The van der Waals surface area contributed by atoms with Crippen molar-refractivity contribution in [1.29, 1.82) is 0 Å². The van der Waals surface area contributed by atoms with Crippen molar-refractivity contribution < 1.29 is 4.79 Å². The molecule has 4 nitrogen and oxygen atoms in total. The second-order valence-corrected chi connectivity index (χ2v) is 3.10. The lowest BCUT2D eigenvalue weighted by molar-refractivity contribution is 0.112. The van der Waals surface area contributed by atoms with Crippen molar-refractivity contribution >= 4 is 6.29 Å². The van der Waals surface area contributed by atoms with E-state index in [1.165, 1.54) is 0 Å². The smallest absolute Gasteiger partial charge is 0.151 e. The Hall–Kier alpha value is -1.84. The first-order valence-corrected chi connectivity index (χ1v) is 4.45. The van der Waals surface area contributed by atoms with Gasteiger partial charge in [0, 0.05) is 43.4 Å². The summed E-state index contributed by atoms with van der Waals surface area (Å²) in [5.41, 5.74) is 0.718. The van der Waals surface area contributed by atoms with Crippen molar-refractivity contribution in [3.05, 3.63) is 42.7 Å². The molecular formula is C10H11N3O. The first-order valence-electron chi connectivity index (χ1n) is 4.45. The third-order valence-electron chi connectivity index (χ3n) is 2.09. The fraction of sp³-hybridized carbons (Fsp3) is 0.200. The van der Waals surface area contributed by atoms with E-state index in [0.717, 1.165) is 24.9 Å². The fourth-order valence-corrected chi connectivity index (χ4v) is 1.32. The summed E-state index contributed by atoms with van der Waals surface area (Å²) in [5.74, 6) is 0. The van der Waals surface area contributed by atoms with E-state index < -0.39 is 0 Å². The molecule has 0 aliphatic carbocycles. The molecule has 0 atom stereocenters. The van der Waals surface area contributed by atoms with Crippen molar-refractivity contribution in [3.8, 4) is 0 Å². The molecule has 0 aliphatic heterocycles. The molecule has 72 valence electrons. The molecule has 0 unspecified atom stereocenters. The molecule has 2 heterocycles. The molecule has 0 N–H and O–H groups in total. The van der Waals surface area contributed by atoms with Crippen LogP contribution in [0.3, 0.4) is 0 Å². The lowest BCUT2D eigenvalue weighted by atomic mass is 10.4. The highest BCUT2D eigenvalue weighted by atomic mass is 16.1. The van der Waals surface area contributed by atoms with Gasteiger partial charge in [0.2, 0.25) is 0 Å². The molecule has 0 bridgehead atoms. The van der Waals surface area contributed by atoms with Gasteiger partial charge in [-0.1, -0.05) is 0 Å². The van der Waals surface area contributed by atoms with Crippen LogP contribution in [0.2, 0.25) is 0 Å². The van der Waals surface area contributed by atoms with Crippen molar-refractivity contribution in [2.24, 2.45) is 0 Å². The molecule has 0 spiro atoms. The number of aldehydes is 1. The predicted octanol–water partition coefficient (Wildman–Crippen LogP) is 1.20. The Morgan fingerprint density at radius 1 is 1.29 bits per heavy atom. The number of aromatic nitrogens is 3. The van der Waals surface area contributed by atoms with Crippen LogP contribution in [-0.4, -0.2) is 20.4 Å².